The van der Waals surface area contributed by atoms with Crippen LogP contribution in [0, 0.1) is 16.1 Å². The van der Waals surface area contributed by atoms with Crippen molar-refractivity contribution in [2.24, 2.45) is 0 Å². The molecule has 0 saturated carbocycles. The zero-order valence-corrected chi connectivity index (χ0v) is 7.61. The lowest BCUT2D eigenvalue weighted by molar-refractivity contribution is -0.387. The summed E-state index contributed by atoms with van der Waals surface area (Å²) in [6.07, 6.45) is 0.917. The van der Waals surface area contributed by atoms with Gasteiger partial charge >= 0.3 is 5.69 Å². The van der Waals surface area contributed by atoms with Crippen molar-refractivity contribution in [2.45, 2.75) is 26.3 Å². The number of hydrogen-bond donors (Lipinski definition) is 0. The third-order valence-corrected chi connectivity index (χ3v) is 1.52. The molecule has 0 saturated heterocycles. The summed E-state index contributed by atoms with van der Waals surface area (Å²) < 4.78 is 14.2. The van der Waals surface area contributed by atoms with E-state index in [1.807, 2.05) is 0 Å². The van der Waals surface area contributed by atoms with Crippen molar-refractivity contribution in [2.75, 3.05) is 0 Å². The van der Waals surface area contributed by atoms with Gasteiger partial charge in [0.2, 0.25) is 0 Å². The van der Waals surface area contributed by atoms with Crippen molar-refractivity contribution in [1.82, 2.24) is 9.78 Å². The fourth-order valence-corrected chi connectivity index (χ4v) is 0.915. The second-order valence-electron chi connectivity index (χ2n) is 3.66. The molecular formula is C7H10FN3O2. The number of aromatic nitrogens is 2. The van der Waals surface area contributed by atoms with E-state index in [0.29, 0.717) is 0 Å². The lowest BCUT2D eigenvalue weighted by Crippen LogP contribution is -2.24. The van der Waals surface area contributed by atoms with Gasteiger partial charge in [0.15, 0.2) is 0 Å². The highest BCUT2D eigenvalue weighted by Crippen LogP contribution is 2.21. The molecule has 1 heterocycles. The molecule has 13 heavy (non-hydrogen) atoms. The fourth-order valence-electron chi connectivity index (χ4n) is 0.915. The van der Waals surface area contributed by atoms with Crippen LogP contribution in [0.15, 0.2) is 6.20 Å². The average Bonchev–Trinajstić information content (AvgIpc) is 2.28. The summed E-state index contributed by atoms with van der Waals surface area (Å²) in [6.45, 7) is 5.15. The molecule has 0 aliphatic rings. The van der Waals surface area contributed by atoms with Crippen molar-refractivity contribution >= 4 is 5.69 Å². The first-order chi connectivity index (χ1) is 5.84. The first-order valence-corrected chi connectivity index (χ1v) is 3.72. The van der Waals surface area contributed by atoms with E-state index in [1.54, 1.807) is 20.8 Å². The van der Waals surface area contributed by atoms with Gasteiger partial charge in [-0.05, 0) is 20.8 Å². The van der Waals surface area contributed by atoms with Crippen LogP contribution < -0.4 is 0 Å². The first-order valence-electron chi connectivity index (χ1n) is 3.72. The van der Waals surface area contributed by atoms with Gasteiger partial charge in [-0.25, -0.2) is 4.68 Å². The number of nitro groups is 1. The average molecular weight is 187 g/mol. The molecule has 0 atom stereocenters. The van der Waals surface area contributed by atoms with Gasteiger partial charge < -0.3 is 0 Å². The lowest BCUT2D eigenvalue weighted by atomic mass is 10.1. The van der Waals surface area contributed by atoms with Crippen molar-refractivity contribution in [1.29, 1.82) is 0 Å². The normalized spacial score (nSPS) is 11.7. The van der Waals surface area contributed by atoms with Gasteiger partial charge in [0, 0.05) is 0 Å². The number of hydrogen-bond acceptors (Lipinski definition) is 3. The zero-order chi connectivity index (χ0) is 10.2. The minimum absolute atomic E-state index is 0.585. The maximum absolute atomic E-state index is 13.2. The third kappa shape index (κ3) is 1.66. The molecule has 0 aromatic carbocycles. The van der Waals surface area contributed by atoms with E-state index in [1.165, 1.54) is 0 Å². The van der Waals surface area contributed by atoms with E-state index in [2.05, 4.69) is 5.10 Å². The van der Waals surface area contributed by atoms with Crippen molar-refractivity contribution in [3.05, 3.63) is 22.3 Å². The van der Waals surface area contributed by atoms with Crippen LogP contribution in [0.4, 0.5) is 10.1 Å². The molecule has 0 aliphatic heterocycles. The van der Waals surface area contributed by atoms with E-state index in [-0.39, 0.29) is 0 Å². The Morgan fingerprint density at radius 1 is 1.62 bits per heavy atom. The molecular weight excluding hydrogens is 177 g/mol. The Balaban J connectivity index is 3.22. The predicted octanol–water partition coefficient (Wildman–Crippen LogP) is 1.69. The molecule has 72 valence electrons. The Morgan fingerprint density at radius 3 is 2.38 bits per heavy atom. The van der Waals surface area contributed by atoms with Crippen LogP contribution >= 0.6 is 0 Å². The van der Waals surface area contributed by atoms with Crippen LogP contribution in [-0.2, 0) is 5.54 Å². The molecule has 0 spiro atoms. The minimum atomic E-state index is -0.905. The van der Waals surface area contributed by atoms with Gasteiger partial charge in [-0.1, -0.05) is 0 Å². The van der Waals surface area contributed by atoms with Gasteiger partial charge in [0.05, 0.1) is 10.5 Å². The van der Waals surface area contributed by atoms with Crippen LogP contribution in [0.1, 0.15) is 20.8 Å². The summed E-state index contributed by atoms with van der Waals surface area (Å²) >= 11 is 0. The van der Waals surface area contributed by atoms with Crippen molar-refractivity contribution in [3.63, 3.8) is 0 Å². The maximum atomic E-state index is 13.2. The summed E-state index contributed by atoms with van der Waals surface area (Å²) in [6, 6.07) is 0. The summed E-state index contributed by atoms with van der Waals surface area (Å²) in [5.41, 5.74) is -1.17. The molecule has 0 amide bonds. The van der Waals surface area contributed by atoms with Crippen molar-refractivity contribution in [3.8, 4) is 0 Å². The topological polar surface area (TPSA) is 61.0 Å². The molecule has 6 heteroatoms. The SMILES string of the molecule is CC(C)(C)n1ncc([N+](=O)[O-])c1F. The standard InChI is InChI=1S/C7H10FN3O2/c1-7(2,3)10-6(8)5(4-9-10)11(12)13/h4H,1-3H3. The second-order valence-corrected chi connectivity index (χ2v) is 3.66. The zero-order valence-electron chi connectivity index (χ0n) is 7.61. The Morgan fingerprint density at radius 2 is 2.15 bits per heavy atom. The number of rotatable bonds is 1. The summed E-state index contributed by atoms with van der Waals surface area (Å²) in [5.74, 6) is -0.905. The molecule has 0 unspecified atom stereocenters. The quantitative estimate of drug-likeness (QED) is 0.496. The highest BCUT2D eigenvalue weighted by atomic mass is 19.1. The van der Waals surface area contributed by atoms with Gasteiger partial charge in [-0.2, -0.15) is 9.49 Å². The molecule has 0 bridgehead atoms. The summed E-state index contributed by atoms with van der Waals surface area (Å²) in [7, 11) is 0. The molecule has 0 fully saturated rings. The highest BCUT2D eigenvalue weighted by Gasteiger charge is 2.26. The van der Waals surface area contributed by atoms with Gasteiger partial charge in [-0.3, -0.25) is 10.1 Å². The van der Waals surface area contributed by atoms with Gasteiger partial charge in [0.1, 0.15) is 6.20 Å². The second kappa shape index (κ2) is 2.79. The van der Waals surface area contributed by atoms with E-state index >= 15 is 0 Å². The summed E-state index contributed by atoms with van der Waals surface area (Å²) in [5, 5.41) is 13.9. The molecule has 1 rings (SSSR count). The first kappa shape index (κ1) is 9.63. The van der Waals surface area contributed by atoms with Crippen LogP contribution in [0.2, 0.25) is 0 Å². The lowest BCUT2D eigenvalue weighted by Gasteiger charge is -2.18. The van der Waals surface area contributed by atoms with Crippen LogP contribution in [0.25, 0.3) is 0 Å². The van der Waals surface area contributed by atoms with Gasteiger partial charge in [-0.15, -0.1) is 0 Å². The Labute approximate surface area is 74.3 Å². The van der Waals surface area contributed by atoms with E-state index in [0.717, 1.165) is 10.9 Å². The minimum Gasteiger partial charge on any atom is -0.258 e. The molecule has 0 aliphatic carbocycles. The van der Waals surface area contributed by atoms with Crippen molar-refractivity contribution < 1.29 is 9.31 Å². The largest absolute Gasteiger partial charge is 0.343 e. The monoisotopic (exact) mass is 187 g/mol. The third-order valence-electron chi connectivity index (χ3n) is 1.52. The highest BCUT2D eigenvalue weighted by molar-refractivity contribution is 5.24. The van der Waals surface area contributed by atoms with Crippen LogP contribution in [0.5, 0.6) is 0 Å². The Kier molecular flexibility index (Phi) is 2.07. The smallest absolute Gasteiger partial charge is 0.258 e. The van der Waals surface area contributed by atoms with E-state index in [4.69, 9.17) is 0 Å². The van der Waals surface area contributed by atoms with Crippen LogP contribution in [-0.4, -0.2) is 14.7 Å². The molecule has 5 nitrogen and oxygen atoms in total. The molecule has 0 radical (unpaired) electrons. The molecule has 1 aromatic rings. The van der Waals surface area contributed by atoms with E-state index in [9.17, 15) is 14.5 Å². The maximum Gasteiger partial charge on any atom is 0.343 e. The Hall–Kier alpha value is -1.46. The Bertz CT molecular complexity index is 340. The number of nitrogens with zero attached hydrogens (tertiary/aromatic N) is 3. The number of halogens is 1. The predicted molar refractivity (Wildman–Crippen MR) is 43.8 cm³/mol. The summed E-state index contributed by atoms with van der Waals surface area (Å²) in [4.78, 5) is 9.49. The van der Waals surface area contributed by atoms with Gasteiger partial charge in [0.25, 0.3) is 5.95 Å². The van der Waals surface area contributed by atoms with Crippen LogP contribution in [0.3, 0.4) is 0 Å². The molecule has 1 aromatic heterocycles. The fraction of sp³-hybridized carbons (Fsp3) is 0.571. The van der Waals surface area contributed by atoms with E-state index < -0.39 is 22.1 Å². The molecule has 0 N–H and O–H groups in total.